The van der Waals surface area contributed by atoms with Crippen molar-refractivity contribution in [1.82, 2.24) is 0 Å². The minimum Gasteiger partial charge on any atom is -0.393 e. The van der Waals surface area contributed by atoms with E-state index >= 15 is 0 Å². The number of anilines is 1. The Balaban J connectivity index is 1.76. The van der Waals surface area contributed by atoms with E-state index in [-0.39, 0.29) is 11.4 Å². The second-order valence-electron chi connectivity index (χ2n) is 5.85. The van der Waals surface area contributed by atoms with Crippen LogP contribution < -0.4 is 4.90 Å². The Kier molecular flexibility index (Phi) is 2.72. The number of non-ortho nitro benzene ring substituents is 1. The fraction of sp³-hybridized carbons (Fsp3) is 0.333. The van der Waals surface area contributed by atoms with Gasteiger partial charge >= 0.3 is 0 Å². The summed E-state index contributed by atoms with van der Waals surface area (Å²) in [6.07, 6.45) is 2.76. The van der Waals surface area contributed by atoms with Gasteiger partial charge in [0.25, 0.3) is 5.69 Å². The van der Waals surface area contributed by atoms with Crippen LogP contribution >= 0.6 is 0 Å². The summed E-state index contributed by atoms with van der Waals surface area (Å²) < 4.78 is 5.63. The fourth-order valence-corrected chi connectivity index (χ4v) is 3.68. The number of nitro groups is 1. The zero-order valence-electron chi connectivity index (χ0n) is 11.8. The number of ether oxygens (including phenoxy) is 1. The van der Waals surface area contributed by atoms with Gasteiger partial charge in [-0.05, 0) is 6.07 Å². The molecule has 0 aromatic heterocycles. The Morgan fingerprint density at radius 3 is 2.83 bits per heavy atom. The Morgan fingerprint density at radius 1 is 1.35 bits per heavy atom. The first-order chi connectivity index (χ1) is 11.0. The third-order valence-electron chi connectivity index (χ3n) is 4.70. The molecule has 8 heteroatoms. The maximum absolute atomic E-state index is 12.7. The molecule has 2 bridgehead atoms. The number of amides is 2. The van der Waals surface area contributed by atoms with E-state index < -0.39 is 46.9 Å². The number of hydrogen-bond donors (Lipinski definition) is 1. The van der Waals surface area contributed by atoms with Crippen molar-refractivity contribution in [3.05, 3.63) is 46.5 Å². The van der Waals surface area contributed by atoms with Gasteiger partial charge in [0, 0.05) is 12.1 Å². The summed E-state index contributed by atoms with van der Waals surface area (Å²) >= 11 is 0. The number of carbonyl (C=O) groups excluding carboxylic acids is 2. The second kappa shape index (κ2) is 4.46. The number of carbonyl (C=O) groups is 2. The van der Waals surface area contributed by atoms with E-state index in [1.54, 1.807) is 12.2 Å². The lowest BCUT2D eigenvalue weighted by atomic mass is 9.77. The van der Waals surface area contributed by atoms with Gasteiger partial charge in [-0.1, -0.05) is 18.2 Å². The number of rotatable bonds is 3. The minimum absolute atomic E-state index is 0.163. The van der Waals surface area contributed by atoms with Crippen molar-refractivity contribution in [2.24, 2.45) is 11.8 Å². The lowest BCUT2D eigenvalue weighted by Gasteiger charge is -2.26. The van der Waals surface area contributed by atoms with Gasteiger partial charge in [-0.3, -0.25) is 19.7 Å². The molecular formula is C15H12N2O6. The summed E-state index contributed by atoms with van der Waals surface area (Å²) in [7, 11) is 0. The number of aliphatic hydroxyl groups excluding tert-OH is 1. The summed E-state index contributed by atoms with van der Waals surface area (Å²) in [6.45, 7) is -0.400. The molecule has 2 amide bonds. The standard InChI is InChI=1S/C15H12N2O6/c18-7-15-5-4-10(23-15)11-12(15)14(20)16(13(11)19)8-2-1-3-9(6-8)17(21)22/h1-6,10-12,18H,7H2/t10-,11+,12-,15+/m1/s1. The molecule has 23 heavy (non-hydrogen) atoms. The second-order valence-corrected chi connectivity index (χ2v) is 5.85. The van der Waals surface area contributed by atoms with Crippen molar-refractivity contribution in [2.45, 2.75) is 11.7 Å². The van der Waals surface area contributed by atoms with Crippen LogP contribution in [0.2, 0.25) is 0 Å². The van der Waals surface area contributed by atoms with Crippen molar-refractivity contribution in [2.75, 3.05) is 11.5 Å². The molecule has 1 N–H and O–H groups in total. The number of nitro benzene ring substituents is 1. The van der Waals surface area contributed by atoms with Gasteiger partial charge < -0.3 is 9.84 Å². The number of aliphatic hydroxyl groups is 1. The number of imide groups is 1. The molecule has 0 aliphatic carbocycles. The van der Waals surface area contributed by atoms with Crippen LogP contribution in [0.15, 0.2) is 36.4 Å². The van der Waals surface area contributed by atoms with E-state index in [0.29, 0.717) is 0 Å². The van der Waals surface area contributed by atoms with Gasteiger partial charge in [0.05, 0.1) is 35.2 Å². The monoisotopic (exact) mass is 316 g/mol. The number of benzene rings is 1. The van der Waals surface area contributed by atoms with Gasteiger partial charge in [-0.15, -0.1) is 0 Å². The molecule has 0 saturated carbocycles. The summed E-state index contributed by atoms with van der Waals surface area (Å²) in [5.41, 5.74) is -1.21. The minimum atomic E-state index is -1.17. The summed E-state index contributed by atoms with van der Waals surface area (Å²) in [6, 6.07) is 5.39. The predicted molar refractivity (Wildman–Crippen MR) is 76.4 cm³/mol. The fourth-order valence-electron chi connectivity index (χ4n) is 3.68. The molecule has 1 aromatic rings. The first-order valence-corrected chi connectivity index (χ1v) is 7.09. The third-order valence-corrected chi connectivity index (χ3v) is 4.70. The van der Waals surface area contributed by atoms with Crippen molar-refractivity contribution in [1.29, 1.82) is 0 Å². The Hall–Kier alpha value is -2.58. The van der Waals surface area contributed by atoms with Gasteiger partial charge in [-0.25, -0.2) is 4.90 Å². The van der Waals surface area contributed by atoms with Crippen molar-refractivity contribution < 1.29 is 24.4 Å². The van der Waals surface area contributed by atoms with Crippen molar-refractivity contribution in [3.63, 3.8) is 0 Å². The molecule has 2 fully saturated rings. The molecule has 1 aromatic carbocycles. The summed E-state index contributed by atoms with van der Waals surface area (Å²) in [4.78, 5) is 36.7. The molecule has 4 rings (SSSR count). The molecule has 0 radical (unpaired) electrons. The molecular weight excluding hydrogens is 304 g/mol. The Labute approximate surface area is 130 Å². The first kappa shape index (κ1) is 14.0. The first-order valence-electron chi connectivity index (χ1n) is 7.09. The predicted octanol–water partition coefficient (Wildman–Crippen LogP) is 0.400. The van der Waals surface area contributed by atoms with Gasteiger partial charge in [0.15, 0.2) is 0 Å². The van der Waals surface area contributed by atoms with Crippen LogP contribution in [-0.4, -0.2) is 40.2 Å². The maximum atomic E-state index is 12.7. The van der Waals surface area contributed by atoms with Crippen LogP contribution in [0.5, 0.6) is 0 Å². The zero-order chi connectivity index (χ0) is 16.4. The third kappa shape index (κ3) is 1.67. The largest absolute Gasteiger partial charge is 0.393 e. The smallest absolute Gasteiger partial charge is 0.271 e. The molecule has 3 heterocycles. The SMILES string of the molecule is O=C1[C@H]2[C@H]3C=C[C@@](CO)(O3)[C@H]2C(=O)N1c1cccc([N+](=O)[O-])c1. The highest BCUT2D eigenvalue weighted by molar-refractivity contribution is 6.23. The van der Waals surface area contributed by atoms with Gasteiger partial charge in [-0.2, -0.15) is 0 Å². The highest BCUT2D eigenvalue weighted by atomic mass is 16.6. The Morgan fingerprint density at radius 2 is 2.13 bits per heavy atom. The molecule has 2 saturated heterocycles. The van der Waals surface area contributed by atoms with Crippen LogP contribution in [0.1, 0.15) is 0 Å². The topological polar surface area (TPSA) is 110 Å². The maximum Gasteiger partial charge on any atom is 0.271 e. The van der Waals surface area contributed by atoms with Gasteiger partial charge in [0.2, 0.25) is 11.8 Å². The summed E-state index contributed by atoms with van der Waals surface area (Å²) in [5.74, 6) is -2.44. The average Bonchev–Trinajstić information content (AvgIpc) is 3.18. The lowest BCUT2D eigenvalue weighted by Crippen LogP contribution is -2.43. The highest BCUT2D eigenvalue weighted by Crippen LogP contribution is 2.52. The highest BCUT2D eigenvalue weighted by Gasteiger charge is 2.67. The van der Waals surface area contributed by atoms with Gasteiger partial charge in [0.1, 0.15) is 5.60 Å². The molecule has 0 spiro atoms. The average molecular weight is 316 g/mol. The molecule has 118 valence electrons. The van der Waals surface area contributed by atoms with Crippen LogP contribution in [-0.2, 0) is 14.3 Å². The molecule has 4 atom stereocenters. The van der Waals surface area contributed by atoms with Crippen molar-refractivity contribution >= 4 is 23.2 Å². The van der Waals surface area contributed by atoms with Crippen LogP contribution in [0.4, 0.5) is 11.4 Å². The van der Waals surface area contributed by atoms with E-state index in [1.165, 1.54) is 24.3 Å². The van der Waals surface area contributed by atoms with Crippen LogP contribution in [0.3, 0.4) is 0 Å². The van der Waals surface area contributed by atoms with E-state index in [9.17, 15) is 24.8 Å². The van der Waals surface area contributed by atoms with E-state index in [4.69, 9.17) is 4.74 Å². The molecule has 0 unspecified atom stereocenters. The molecule has 3 aliphatic rings. The van der Waals surface area contributed by atoms with Crippen LogP contribution in [0, 0.1) is 22.0 Å². The summed E-state index contributed by atoms with van der Waals surface area (Å²) in [5, 5.41) is 20.5. The normalized spacial score (nSPS) is 34.3. The molecule has 3 aliphatic heterocycles. The zero-order valence-corrected chi connectivity index (χ0v) is 11.8. The Bertz CT molecular complexity index is 775. The number of nitrogens with zero attached hydrogens (tertiary/aromatic N) is 2. The van der Waals surface area contributed by atoms with Crippen LogP contribution in [0.25, 0.3) is 0 Å². The van der Waals surface area contributed by atoms with E-state index in [2.05, 4.69) is 0 Å². The van der Waals surface area contributed by atoms with E-state index in [0.717, 1.165) is 4.90 Å². The number of hydrogen-bond acceptors (Lipinski definition) is 6. The lowest BCUT2D eigenvalue weighted by molar-refractivity contribution is -0.384. The van der Waals surface area contributed by atoms with E-state index in [1.807, 2.05) is 0 Å². The number of fused-ring (bicyclic) bond motifs is 5. The molecule has 8 nitrogen and oxygen atoms in total. The quantitative estimate of drug-likeness (QED) is 0.374. The van der Waals surface area contributed by atoms with Crippen molar-refractivity contribution in [3.8, 4) is 0 Å².